The van der Waals surface area contributed by atoms with Crippen molar-refractivity contribution in [2.75, 3.05) is 0 Å². The fourth-order valence-corrected chi connectivity index (χ4v) is 4.56. The van der Waals surface area contributed by atoms with Gasteiger partial charge in [-0.25, -0.2) is 4.98 Å². The minimum absolute atomic E-state index is 0.184. The van der Waals surface area contributed by atoms with Gasteiger partial charge in [0.05, 0.1) is 27.6 Å². The quantitative estimate of drug-likeness (QED) is 0.510. The zero-order valence-corrected chi connectivity index (χ0v) is 18.0. The van der Waals surface area contributed by atoms with Crippen molar-refractivity contribution in [2.45, 2.75) is 57.9 Å². The third-order valence-corrected chi connectivity index (χ3v) is 5.96. The summed E-state index contributed by atoms with van der Waals surface area (Å²) in [5, 5.41) is 0.453. The van der Waals surface area contributed by atoms with Gasteiger partial charge in [0.1, 0.15) is 5.75 Å². The molecule has 0 aliphatic heterocycles. The van der Waals surface area contributed by atoms with Crippen LogP contribution >= 0.6 is 0 Å². The summed E-state index contributed by atoms with van der Waals surface area (Å²) in [5.74, 6) is 0.514. The van der Waals surface area contributed by atoms with E-state index in [2.05, 4.69) is 30.7 Å². The number of hydrogen-bond acceptors (Lipinski definition) is 4. The van der Waals surface area contributed by atoms with Gasteiger partial charge < -0.3 is 9.72 Å². The number of aromatic nitrogens is 2. The van der Waals surface area contributed by atoms with E-state index in [4.69, 9.17) is 4.74 Å². The molecule has 148 valence electrons. The van der Waals surface area contributed by atoms with E-state index in [-0.39, 0.29) is 11.4 Å². The van der Waals surface area contributed by atoms with Gasteiger partial charge in [-0.15, -0.1) is 0 Å². The van der Waals surface area contributed by atoms with Crippen LogP contribution in [0.25, 0.3) is 11.0 Å². The number of rotatable bonds is 4. The van der Waals surface area contributed by atoms with Crippen LogP contribution in [-0.4, -0.2) is 20.1 Å². The lowest BCUT2D eigenvalue weighted by atomic mass is 9.83. The van der Waals surface area contributed by atoms with Gasteiger partial charge >= 0.3 is 5.97 Å². The van der Waals surface area contributed by atoms with E-state index in [1.807, 2.05) is 44.2 Å². The molecule has 6 heteroatoms. The Morgan fingerprint density at radius 2 is 1.89 bits per heavy atom. The fraction of sp³-hybridized carbons (Fsp3) is 0.364. The Morgan fingerprint density at radius 3 is 2.50 bits per heavy atom. The van der Waals surface area contributed by atoms with Gasteiger partial charge in [0, 0.05) is 12.5 Å². The molecule has 0 saturated heterocycles. The number of nitrogens with zero attached hydrogens (tertiary/aromatic N) is 1. The number of benzene rings is 2. The average molecular weight is 399 g/mol. The molecule has 1 aromatic heterocycles. The molecule has 2 aromatic carbocycles. The van der Waals surface area contributed by atoms with Crippen molar-refractivity contribution in [2.24, 2.45) is 0 Å². The standard InChI is InChI=1S/C22H26N2O3S/c1-13-11-17(22(4,5)6)20(27-15(3)25)14(2)16(13)12-28(26)21-23-18-9-7-8-10-19(18)24-21/h7-11H,12H2,1-6H3,(H,23,24). The summed E-state index contributed by atoms with van der Waals surface area (Å²) in [6.07, 6.45) is 0. The molecule has 0 amide bonds. The number of imidazole rings is 1. The number of carbonyl (C=O) groups is 1. The Morgan fingerprint density at radius 1 is 1.21 bits per heavy atom. The highest BCUT2D eigenvalue weighted by Crippen LogP contribution is 2.38. The molecule has 5 nitrogen and oxygen atoms in total. The second-order valence-corrected chi connectivity index (χ2v) is 9.43. The van der Waals surface area contributed by atoms with Crippen LogP contribution in [-0.2, 0) is 26.8 Å². The highest BCUT2D eigenvalue weighted by molar-refractivity contribution is 7.84. The van der Waals surface area contributed by atoms with Crippen molar-refractivity contribution in [3.05, 3.63) is 52.6 Å². The zero-order chi connectivity index (χ0) is 20.6. The van der Waals surface area contributed by atoms with Crippen molar-refractivity contribution in [1.29, 1.82) is 0 Å². The molecule has 1 heterocycles. The monoisotopic (exact) mass is 398 g/mol. The molecule has 0 fully saturated rings. The summed E-state index contributed by atoms with van der Waals surface area (Å²) in [6.45, 7) is 11.6. The molecular formula is C22H26N2O3S. The molecule has 0 spiro atoms. The van der Waals surface area contributed by atoms with Gasteiger partial charge in [-0.05, 0) is 48.1 Å². The van der Waals surface area contributed by atoms with E-state index >= 15 is 0 Å². The average Bonchev–Trinajstić information content (AvgIpc) is 3.03. The third kappa shape index (κ3) is 4.02. The summed E-state index contributed by atoms with van der Waals surface area (Å²) >= 11 is 0. The van der Waals surface area contributed by atoms with Crippen LogP contribution < -0.4 is 4.74 Å². The maximum Gasteiger partial charge on any atom is 0.308 e. The first-order valence-corrected chi connectivity index (χ1v) is 10.5. The van der Waals surface area contributed by atoms with E-state index in [1.54, 1.807) is 0 Å². The molecule has 1 unspecified atom stereocenters. The largest absolute Gasteiger partial charge is 0.426 e. The lowest BCUT2D eigenvalue weighted by Crippen LogP contribution is -2.18. The van der Waals surface area contributed by atoms with Crippen LogP contribution in [0.5, 0.6) is 5.75 Å². The number of hydrogen-bond donors (Lipinski definition) is 1. The van der Waals surface area contributed by atoms with Crippen LogP contribution in [0.1, 0.15) is 49.9 Å². The smallest absolute Gasteiger partial charge is 0.308 e. The van der Waals surface area contributed by atoms with Gasteiger partial charge in [0.15, 0.2) is 5.16 Å². The summed E-state index contributed by atoms with van der Waals surface area (Å²) in [7, 11) is -1.34. The highest BCUT2D eigenvalue weighted by Gasteiger charge is 2.25. The normalized spacial score (nSPS) is 12.9. The second kappa shape index (κ2) is 7.51. The lowest BCUT2D eigenvalue weighted by Gasteiger charge is -2.26. The molecule has 3 aromatic rings. The number of H-pyrrole nitrogens is 1. The van der Waals surface area contributed by atoms with Crippen LogP contribution in [0.4, 0.5) is 0 Å². The van der Waals surface area contributed by atoms with Crippen molar-refractivity contribution >= 4 is 27.8 Å². The molecule has 1 N–H and O–H groups in total. The molecule has 3 rings (SSSR count). The van der Waals surface area contributed by atoms with Gasteiger partial charge in [-0.2, -0.15) is 0 Å². The number of fused-ring (bicyclic) bond motifs is 1. The first-order valence-electron chi connectivity index (χ1n) is 9.23. The Labute approximate surface area is 168 Å². The minimum atomic E-state index is -1.34. The van der Waals surface area contributed by atoms with Gasteiger partial charge in [0.2, 0.25) is 0 Å². The van der Waals surface area contributed by atoms with Crippen molar-refractivity contribution in [1.82, 2.24) is 9.97 Å². The van der Waals surface area contributed by atoms with Gasteiger partial charge in [-0.1, -0.05) is 39.0 Å². The number of aryl methyl sites for hydroxylation is 1. The number of para-hydroxylation sites is 2. The first kappa shape index (κ1) is 20.3. The lowest BCUT2D eigenvalue weighted by molar-refractivity contribution is -0.132. The number of nitrogens with one attached hydrogen (secondary N) is 1. The molecule has 0 radical (unpaired) electrons. The maximum absolute atomic E-state index is 13.0. The number of esters is 1. The van der Waals surface area contributed by atoms with Crippen molar-refractivity contribution in [3.63, 3.8) is 0 Å². The maximum atomic E-state index is 13.0. The Hall–Kier alpha value is -2.47. The predicted octanol–water partition coefficient (Wildman–Crippen LogP) is 4.71. The van der Waals surface area contributed by atoms with Crippen LogP contribution in [0.3, 0.4) is 0 Å². The Kier molecular flexibility index (Phi) is 5.44. The van der Waals surface area contributed by atoms with E-state index in [0.717, 1.165) is 33.3 Å². The summed E-state index contributed by atoms with van der Waals surface area (Å²) in [6, 6.07) is 9.66. The first-order chi connectivity index (χ1) is 13.1. The third-order valence-electron chi connectivity index (χ3n) is 4.79. The number of carbonyl (C=O) groups excluding carboxylic acids is 1. The molecule has 0 bridgehead atoms. The van der Waals surface area contributed by atoms with E-state index in [1.165, 1.54) is 6.92 Å². The zero-order valence-electron chi connectivity index (χ0n) is 17.2. The Balaban J connectivity index is 2.03. The summed E-state index contributed by atoms with van der Waals surface area (Å²) in [4.78, 5) is 19.3. The summed E-state index contributed by atoms with van der Waals surface area (Å²) in [5.41, 5.74) is 5.24. The SMILES string of the molecule is CC(=O)Oc1c(C(C)(C)C)cc(C)c(CS(=O)c2nc3ccccc3[nH]2)c1C. The van der Waals surface area contributed by atoms with Crippen LogP contribution in [0.2, 0.25) is 0 Å². The van der Waals surface area contributed by atoms with Crippen molar-refractivity contribution < 1.29 is 13.7 Å². The fourth-order valence-electron chi connectivity index (χ4n) is 3.30. The molecule has 0 saturated carbocycles. The number of ether oxygens (including phenoxy) is 1. The summed E-state index contributed by atoms with van der Waals surface area (Å²) < 4.78 is 18.6. The van der Waals surface area contributed by atoms with E-state index < -0.39 is 10.8 Å². The van der Waals surface area contributed by atoms with Gasteiger partial charge in [0.25, 0.3) is 0 Å². The molecule has 28 heavy (non-hydrogen) atoms. The van der Waals surface area contributed by atoms with E-state index in [0.29, 0.717) is 16.7 Å². The molecule has 1 atom stereocenters. The van der Waals surface area contributed by atoms with Crippen LogP contribution in [0.15, 0.2) is 35.5 Å². The number of aromatic amines is 1. The van der Waals surface area contributed by atoms with E-state index in [9.17, 15) is 9.00 Å². The highest BCUT2D eigenvalue weighted by atomic mass is 32.2. The molecule has 0 aliphatic carbocycles. The van der Waals surface area contributed by atoms with Crippen LogP contribution in [0, 0.1) is 13.8 Å². The topological polar surface area (TPSA) is 72.1 Å². The van der Waals surface area contributed by atoms with Crippen molar-refractivity contribution in [3.8, 4) is 5.75 Å². The van der Waals surface area contributed by atoms with Gasteiger partial charge in [-0.3, -0.25) is 9.00 Å². The molecule has 0 aliphatic rings. The Bertz CT molecular complexity index is 1040. The second-order valence-electron chi connectivity index (χ2n) is 8.07. The predicted molar refractivity (Wildman–Crippen MR) is 112 cm³/mol. The minimum Gasteiger partial charge on any atom is -0.426 e. The molecular weight excluding hydrogens is 372 g/mol.